The number of rotatable bonds is 2. The molecule has 0 radical (unpaired) electrons. The molecule has 0 aromatic heterocycles. The highest BCUT2D eigenvalue weighted by molar-refractivity contribution is 7.85. The number of hydrogen-bond acceptors (Lipinski definition) is 3. The maximum absolute atomic E-state index is 13.8. The fourth-order valence-electron chi connectivity index (χ4n) is 1.77. The number of hydrogen-bond donors (Lipinski definition) is 0. The molecule has 0 bridgehead atoms. The molecule has 0 aliphatic carbocycles. The molecule has 2 aromatic carbocycles. The largest absolute Gasteiger partial charge is 0.744 e. The first kappa shape index (κ1) is 17.9. The van der Waals surface area contributed by atoms with Crippen LogP contribution in [0.15, 0.2) is 17.0 Å². The van der Waals surface area contributed by atoms with Crippen LogP contribution in [0.5, 0.6) is 0 Å². The van der Waals surface area contributed by atoms with Gasteiger partial charge >= 0.3 is 0 Å². The Morgan fingerprint density at radius 1 is 0.826 bits per heavy atom. The van der Waals surface area contributed by atoms with Gasteiger partial charge in [0.05, 0.1) is 15.5 Å². The monoisotopic (exact) mass is 391 g/mol. The molecule has 124 valence electrons. The lowest BCUT2D eigenvalue weighted by molar-refractivity contribution is 0.381. The highest BCUT2D eigenvalue weighted by Crippen LogP contribution is 2.40. The molecule has 0 spiro atoms. The first-order valence-corrected chi connectivity index (χ1v) is 7.60. The summed E-state index contributed by atoms with van der Waals surface area (Å²) in [6, 6.07) is 1.25. The van der Waals surface area contributed by atoms with E-state index in [9.17, 15) is 34.9 Å². The molecule has 0 aliphatic heterocycles. The van der Waals surface area contributed by atoms with Crippen LogP contribution >= 0.6 is 23.2 Å². The first-order chi connectivity index (χ1) is 10.5. The first-order valence-electron chi connectivity index (χ1n) is 5.43. The molecule has 0 unspecified atom stereocenters. The third-order valence-electron chi connectivity index (χ3n) is 2.75. The zero-order valence-electron chi connectivity index (χ0n) is 10.4. The summed E-state index contributed by atoms with van der Waals surface area (Å²) in [5.41, 5.74) is -2.43. The molecule has 0 saturated carbocycles. The van der Waals surface area contributed by atoms with E-state index in [1.807, 2.05) is 0 Å². The summed E-state index contributed by atoms with van der Waals surface area (Å²) in [5, 5.41) is -1.53. The Kier molecular flexibility index (Phi) is 4.60. The minimum absolute atomic E-state index is 0.511. The normalized spacial score (nSPS) is 11.8. The van der Waals surface area contributed by atoms with Crippen molar-refractivity contribution in [2.75, 3.05) is 0 Å². The van der Waals surface area contributed by atoms with Crippen LogP contribution < -0.4 is 0 Å². The lowest BCUT2D eigenvalue weighted by Crippen LogP contribution is -2.06. The van der Waals surface area contributed by atoms with Crippen LogP contribution in [0.3, 0.4) is 0 Å². The van der Waals surface area contributed by atoms with Gasteiger partial charge in [0.25, 0.3) is 0 Å². The van der Waals surface area contributed by atoms with Crippen molar-refractivity contribution in [2.45, 2.75) is 4.90 Å². The van der Waals surface area contributed by atoms with Crippen LogP contribution in [-0.4, -0.2) is 13.0 Å². The molecule has 0 heterocycles. The van der Waals surface area contributed by atoms with Gasteiger partial charge in [-0.05, 0) is 12.1 Å². The molecule has 0 aliphatic rings. The van der Waals surface area contributed by atoms with Crippen LogP contribution in [0.1, 0.15) is 0 Å². The van der Waals surface area contributed by atoms with E-state index in [2.05, 4.69) is 0 Å². The molecule has 2 aromatic rings. The van der Waals surface area contributed by atoms with Crippen LogP contribution in [0.4, 0.5) is 22.0 Å². The fourth-order valence-corrected chi connectivity index (χ4v) is 3.14. The molecule has 2 rings (SSSR count). The third kappa shape index (κ3) is 3.01. The lowest BCUT2D eigenvalue weighted by atomic mass is 10.0. The van der Waals surface area contributed by atoms with Crippen molar-refractivity contribution < 1.29 is 34.9 Å². The average molecular weight is 392 g/mol. The van der Waals surface area contributed by atoms with E-state index >= 15 is 0 Å². The molecular formula is C12H2Cl2F5O3S-. The van der Waals surface area contributed by atoms with Crippen LogP contribution in [0, 0.1) is 29.1 Å². The van der Waals surface area contributed by atoms with Crippen molar-refractivity contribution in [2.24, 2.45) is 0 Å². The van der Waals surface area contributed by atoms with Crippen molar-refractivity contribution in [1.29, 1.82) is 0 Å². The standard InChI is InChI=1S/C12H3Cl2F5O3S/c13-3-1-4(7(14)5(2-3)23(20,21)22)6-8(15)10(17)12(19)11(18)9(6)16/h1-2H,(H,20,21,22)/p-1. The summed E-state index contributed by atoms with van der Waals surface area (Å²) in [5.74, 6) is -11.4. The van der Waals surface area contributed by atoms with Crippen molar-refractivity contribution in [3.63, 3.8) is 0 Å². The van der Waals surface area contributed by atoms with Gasteiger partial charge in [-0.25, -0.2) is 30.4 Å². The van der Waals surface area contributed by atoms with Crippen molar-refractivity contribution in [1.82, 2.24) is 0 Å². The molecule has 0 saturated heterocycles. The van der Waals surface area contributed by atoms with Crippen LogP contribution in [-0.2, 0) is 10.1 Å². The van der Waals surface area contributed by atoms with E-state index in [-0.39, 0.29) is 0 Å². The molecule has 0 atom stereocenters. The minimum atomic E-state index is -5.21. The topological polar surface area (TPSA) is 57.2 Å². The van der Waals surface area contributed by atoms with Crippen molar-refractivity contribution in [3.8, 4) is 11.1 Å². The maximum Gasteiger partial charge on any atom is 0.200 e. The Hall–Kier alpha value is -1.42. The Balaban J connectivity index is 2.98. The summed E-state index contributed by atoms with van der Waals surface area (Å²) in [4.78, 5) is -1.16. The summed E-state index contributed by atoms with van der Waals surface area (Å²) in [6.45, 7) is 0. The fraction of sp³-hybridized carbons (Fsp3) is 0. The van der Waals surface area contributed by atoms with Gasteiger partial charge in [0.2, 0.25) is 5.82 Å². The summed E-state index contributed by atoms with van der Waals surface area (Å²) in [7, 11) is -5.21. The second-order valence-electron chi connectivity index (χ2n) is 4.16. The van der Waals surface area contributed by atoms with Crippen LogP contribution in [0.2, 0.25) is 10.0 Å². The highest BCUT2D eigenvalue weighted by atomic mass is 35.5. The number of benzene rings is 2. The average Bonchev–Trinajstić information content (AvgIpc) is 2.45. The van der Waals surface area contributed by atoms with Gasteiger partial charge in [-0.3, -0.25) is 0 Å². The Bertz CT molecular complexity index is 902. The van der Waals surface area contributed by atoms with Gasteiger partial charge in [0.1, 0.15) is 10.1 Å². The molecule has 3 nitrogen and oxygen atoms in total. The van der Waals surface area contributed by atoms with E-state index in [4.69, 9.17) is 23.2 Å². The third-order valence-corrected chi connectivity index (χ3v) is 4.35. The zero-order valence-corrected chi connectivity index (χ0v) is 12.8. The van der Waals surface area contributed by atoms with E-state index in [0.717, 1.165) is 0 Å². The Labute approximate surface area is 136 Å². The van der Waals surface area contributed by atoms with Gasteiger partial charge in [0, 0.05) is 10.6 Å². The highest BCUT2D eigenvalue weighted by Gasteiger charge is 2.29. The molecule has 11 heteroatoms. The Morgan fingerprint density at radius 2 is 1.26 bits per heavy atom. The minimum Gasteiger partial charge on any atom is -0.744 e. The summed E-state index contributed by atoms with van der Waals surface area (Å²) < 4.78 is 100. The molecule has 0 fully saturated rings. The molecular weight excluding hydrogens is 390 g/mol. The second-order valence-corrected chi connectivity index (χ2v) is 6.33. The second kappa shape index (κ2) is 5.90. The van der Waals surface area contributed by atoms with Gasteiger partial charge < -0.3 is 4.55 Å². The quantitative estimate of drug-likeness (QED) is 0.332. The molecule has 0 amide bonds. The molecule has 0 N–H and O–H groups in total. The molecule has 23 heavy (non-hydrogen) atoms. The number of halogens is 7. The van der Waals surface area contributed by atoms with Gasteiger partial charge in [-0.15, -0.1) is 0 Å². The van der Waals surface area contributed by atoms with Crippen LogP contribution in [0.25, 0.3) is 11.1 Å². The SMILES string of the molecule is O=S(=O)([O-])c1cc(Cl)cc(-c2c(F)c(F)c(F)c(F)c2F)c1Cl. The summed E-state index contributed by atoms with van der Waals surface area (Å²) in [6.07, 6.45) is 0. The maximum atomic E-state index is 13.8. The Morgan fingerprint density at radius 3 is 1.70 bits per heavy atom. The van der Waals surface area contributed by atoms with E-state index in [1.165, 1.54) is 0 Å². The van der Waals surface area contributed by atoms with E-state index in [1.54, 1.807) is 0 Å². The van der Waals surface area contributed by atoms with Gasteiger partial charge in [0.15, 0.2) is 23.3 Å². The van der Waals surface area contributed by atoms with E-state index < -0.39 is 65.3 Å². The van der Waals surface area contributed by atoms with Crippen molar-refractivity contribution in [3.05, 3.63) is 51.3 Å². The van der Waals surface area contributed by atoms with Crippen molar-refractivity contribution >= 4 is 33.3 Å². The van der Waals surface area contributed by atoms with Gasteiger partial charge in [-0.1, -0.05) is 23.2 Å². The predicted octanol–water partition coefficient (Wildman–Crippen LogP) is 4.26. The predicted molar refractivity (Wildman–Crippen MR) is 69.7 cm³/mol. The smallest absolute Gasteiger partial charge is 0.200 e. The zero-order chi connectivity index (χ0) is 17.7. The van der Waals surface area contributed by atoms with Gasteiger partial charge in [-0.2, -0.15) is 0 Å². The lowest BCUT2D eigenvalue weighted by Gasteiger charge is -2.15. The van der Waals surface area contributed by atoms with E-state index in [0.29, 0.717) is 12.1 Å². The summed E-state index contributed by atoms with van der Waals surface area (Å²) >= 11 is 11.1.